The summed E-state index contributed by atoms with van der Waals surface area (Å²) < 4.78 is 20.8. The average molecular weight is 368 g/mol. The van der Waals surface area contributed by atoms with Crippen molar-refractivity contribution in [3.05, 3.63) is 59.3 Å². The molecule has 3 aromatic rings. The summed E-state index contributed by atoms with van der Waals surface area (Å²) >= 11 is 0. The first-order valence-corrected chi connectivity index (χ1v) is 9.06. The van der Waals surface area contributed by atoms with Crippen LogP contribution in [0.1, 0.15) is 47.1 Å². The van der Waals surface area contributed by atoms with Crippen LogP contribution in [0.3, 0.4) is 0 Å². The molecule has 0 saturated carbocycles. The predicted molar refractivity (Wildman–Crippen MR) is 97.5 cm³/mol. The molecule has 6 nitrogen and oxygen atoms in total. The summed E-state index contributed by atoms with van der Waals surface area (Å²) in [4.78, 5) is 14.9. The topological polar surface area (TPSA) is 64.2 Å². The Hall–Kier alpha value is -2.96. The van der Waals surface area contributed by atoms with Gasteiger partial charge in [-0.1, -0.05) is 11.2 Å². The summed E-state index contributed by atoms with van der Waals surface area (Å²) in [5.41, 5.74) is 2.77. The van der Waals surface area contributed by atoms with E-state index in [9.17, 15) is 9.18 Å². The van der Waals surface area contributed by atoms with E-state index in [0.717, 1.165) is 36.2 Å². The van der Waals surface area contributed by atoms with Gasteiger partial charge < -0.3 is 9.42 Å². The van der Waals surface area contributed by atoms with Crippen molar-refractivity contribution >= 4 is 5.91 Å². The molecular weight excluding hydrogens is 347 g/mol. The lowest BCUT2D eigenvalue weighted by Gasteiger charge is -2.35. The van der Waals surface area contributed by atoms with Crippen LogP contribution in [0.2, 0.25) is 0 Å². The third kappa shape index (κ3) is 3.37. The van der Waals surface area contributed by atoms with Crippen molar-refractivity contribution in [2.24, 2.45) is 7.05 Å². The van der Waals surface area contributed by atoms with Crippen LogP contribution in [0.25, 0.3) is 11.3 Å². The largest absolute Gasteiger partial charge is 0.356 e. The molecule has 0 N–H and O–H groups in total. The maximum atomic E-state index is 13.6. The number of aryl methyl sites for hydroxylation is 2. The van der Waals surface area contributed by atoms with Gasteiger partial charge in [-0.2, -0.15) is 5.10 Å². The minimum Gasteiger partial charge on any atom is -0.356 e. The summed E-state index contributed by atoms with van der Waals surface area (Å²) in [6.45, 7) is 2.48. The second-order valence-corrected chi connectivity index (χ2v) is 6.95. The highest BCUT2D eigenvalue weighted by molar-refractivity contribution is 5.94. The van der Waals surface area contributed by atoms with Gasteiger partial charge in [-0.05, 0) is 44.4 Å². The van der Waals surface area contributed by atoms with Gasteiger partial charge in [0.2, 0.25) is 0 Å². The van der Waals surface area contributed by atoms with Gasteiger partial charge in [-0.15, -0.1) is 0 Å². The van der Waals surface area contributed by atoms with E-state index in [0.29, 0.717) is 17.9 Å². The molecule has 2 aromatic heterocycles. The first-order chi connectivity index (χ1) is 13.0. The zero-order chi connectivity index (χ0) is 19.0. The fourth-order valence-electron chi connectivity index (χ4n) is 3.68. The van der Waals surface area contributed by atoms with Crippen LogP contribution in [0.15, 0.2) is 41.1 Å². The lowest BCUT2D eigenvalue weighted by molar-refractivity contribution is 0.0605. The molecular formula is C20H21FN4O2. The number of rotatable bonds is 3. The number of aromatic nitrogens is 3. The van der Waals surface area contributed by atoms with E-state index >= 15 is 0 Å². The Labute approximate surface area is 156 Å². The second kappa shape index (κ2) is 6.98. The molecule has 1 fully saturated rings. The van der Waals surface area contributed by atoms with E-state index in [-0.39, 0.29) is 11.9 Å². The number of hydrogen-bond acceptors (Lipinski definition) is 4. The van der Waals surface area contributed by atoms with E-state index in [1.165, 1.54) is 12.1 Å². The van der Waals surface area contributed by atoms with Crippen LogP contribution in [-0.2, 0) is 7.05 Å². The Kier molecular flexibility index (Phi) is 4.51. The van der Waals surface area contributed by atoms with Crippen LogP contribution < -0.4 is 0 Å². The first kappa shape index (κ1) is 17.5. The molecule has 7 heteroatoms. The lowest BCUT2D eigenvalue weighted by atomic mass is 9.95. The van der Waals surface area contributed by atoms with Crippen molar-refractivity contribution in [1.29, 1.82) is 0 Å². The number of carbonyl (C=O) groups is 1. The Balaban J connectivity index is 1.72. The van der Waals surface area contributed by atoms with Gasteiger partial charge in [-0.3, -0.25) is 9.48 Å². The van der Waals surface area contributed by atoms with Crippen molar-refractivity contribution < 1.29 is 13.7 Å². The minimum atomic E-state index is -0.412. The highest BCUT2D eigenvalue weighted by Crippen LogP contribution is 2.37. The van der Waals surface area contributed by atoms with E-state index in [1.54, 1.807) is 21.7 Å². The fraction of sp³-hybridized carbons (Fsp3) is 0.350. The van der Waals surface area contributed by atoms with Gasteiger partial charge in [0, 0.05) is 31.4 Å². The molecule has 1 aromatic carbocycles. The zero-order valence-electron chi connectivity index (χ0n) is 15.4. The van der Waals surface area contributed by atoms with Gasteiger partial charge in [0.15, 0.2) is 5.76 Å². The Bertz CT molecular complexity index is 978. The molecule has 4 rings (SSSR count). The van der Waals surface area contributed by atoms with Gasteiger partial charge in [0.25, 0.3) is 5.91 Å². The molecule has 140 valence electrons. The smallest absolute Gasteiger partial charge is 0.254 e. The number of carbonyl (C=O) groups excluding carboxylic acids is 1. The van der Waals surface area contributed by atoms with Gasteiger partial charge in [0.05, 0.1) is 23.0 Å². The summed E-state index contributed by atoms with van der Waals surface area (Å²) in [5, 5.41) is 8.59. The van der Waals surface area contributed by atoms with Crippen molar-refractivity contribution in [3.8, 4) is 11.3 Å². The van der Waals surface area contributed by atoms with E-state index in [1.807, 2.05) is 26.2 Å². The zero-order valence-corrected chi connectivity index (χ0v) is 15.4. The monoisotopic (exact) mass is 368 g/mol. The maximum Gasteiger partial charge on any atom is 0.254 e. The summed E-state index contributed by atoms with van der Waals surface area (Å²) in [6.07, 6.45) is 4.61. The van der Waals surface area contributed by atoms with Gasteiger partial charge >= 0.3 is 0 Å². The summed E-state index contributed by atoms with van der Waals surface area (Å²) in [6, 6.07) is 7.51. The lowest BCUT2D eigenvalue weighted by Crippen LogP contribution is -2.39. The van der Waals surface area contributed by atoms with Crippen LogP contribution in [0.4, 0.5) is 4.39 Å². The summed E-state index contributed by atoms with van der Waals surface area (Å²) in [7, 11) is 1.85. The normalized spacial score (nSPS) is 17.3. The molecule has 0 radical (unpaired) electrons. The number of hydrogen-bond donors (Lipinski definition) is 0. The molecule has 3 heterocycles. The van der Waals surface area contributed by atoms with Crippen LogP contribution in [0.5, 0.6) is 0 Å². The molecule has 0 bridgehead atoms. The minimum absolute atomic E-state index is 0.176. The molecule has 0 unspecified atom stereocenters. The Morgan fingerprint density at radius 2 is 2.15 bits per heavy atom. The van der Waals surface area contributed by atoms with E-state index in [2.05, 4.69) is 10.3 Å². The van der Waals surface area contributed by atoms with Gasteiger partial charge in [-0.25, -0.2) is 4.39 Å². The van der Waals surface area contributed by atoms with Crippen molar-refractivity contribution in [2.75, 3.05) is 6.54 Å². The number of nitrogens with zero attached hydrogens (tertiary/aromatic N) is 4. The Morgan fingerprint density at radius 3 is 2.89 bits per heavy atom. The van der Waals surface area contributed by atoms with E-state index < -0.39 is 5.82 Å². The highest BCUT2D eigenvalue weighted by atomic mass is 19.1. The highest BCUT2D eigenvalue weighted by Gasteiger charge is 2.33. The predicted octanol–water partition coefficient (Wildman–Crippen LogP) is 3.89. The van der Waals surface area contributed by atoms with Crippen LogP contribution >= 0.6 is 0 Å². The molecule has 27 heavy (non-hydrogen) atoms. The fourth-order valence-corrected chi connectivity index (χ4v) is 3.68. The van der Waals surface area contributed by atoms with Crippen molar-refractivity contribution in [3.63, 3.8) is 0 Å². The molecule has 1 aliphatic heterocycles. The number of halogens is 1. The van der Waals surface area contributed by atoms with Gasteiger partial charge in [0.1, 0.15) is 5.82 Å². The molecule has 1 amide bonds. The quantitative estimate of drug-likeness (QED) is 0.704. The van der Waals surface area contributed by atoms with Crippen molar-refractivity contribution in [1.82, 2.24) is 19.8 Å². The average Bonchev–Trinajstić information content (AvgIpc) is 3.26. The number of amides is 1. The maximum absolute atomic E-state index is 13.6. The SMILES string of the molecule is Cc1cc(-c2cn(C)nc2[C@H]2CCCCN2C(=O)c2cccc(F)c2)on1. The third-order valence-corrected chi connectivity index (χ3v) is 4.90. The number of benzene rings is 1. The molecule has 1 aliphatic rings. The first-order valence-electron chi connectivity index (χ1n) is 9.06. The Morgan fingerprint density at radius 1 is 1.30 bits per heavy atom. The summed E-state index contributed by atoms with van der Waals surface area (Å²) in [5.74, 6) is 0.0500. The van der Waals surface area contributed by atoms with Crippen molar-refractivity contribution in [2.45, 2.75) is 32.2 Å². The molecule has 1 atom stereocenters. The van der Waals surface area contributed by atoms with Crippen LogP contribution in [0, 0.1) is 12.7 Å². The number of likely N-dealkylation sites (tertiary alicyclic amines) is 1. The second-order valence-electron chi connectivity index (χ2n) is 6.95. The van der Waals surface area contributed by atoms with Crippen LogP contribution in [-0.4, -0.2) is 32.3 Å². The third-order valence-electron chi connectivity index (χ3n) is 4.90. The number of piperidine rings is 1. The van der Waals surface area contributed by atoms with E-state index in [4.69, 9.17) is 4.52 Å². The molecule has 0 spiro atoms. The molecule has 0 aliphatic carbocycles. The standard InChI is InChI=1S/C20H21FN4O2/c1-13-10-18(27-23-13)16-12-24(2)22-19(16)17-8-3-4-9-25(17)20(26)14-6-5-7-15(21)11-14/h5-7,10-12,17H,3-4,8-9H2,1-2H3/t17-/m1/s1. The molecule has 1 saturated heterocycles.